The van der Waals surface area contributed by atoms with Crippen LogP contribution in [0.15, 0.2) is 78.5 Å². The number of aromatic carboxylic acids is 1. The van der Waals surface area contributed by atoms with E-state index in [1.165, 1.54) is 24.4 Å². The second-order valence-corrected chi connectivity index (χ2v) is 7.44. The van der Waals surface area contributed by atoms with Crippen LogP contribution in [0.2, 0.25) is 0 Å². The first-order valence-corrected chi connectivity index (χ1v) is 10.3. The molecule has 1 amide bonds. The van der Waals surface area contributed by atoms with Crippen molar-refractivity contribution in [2.45, 2.75) is 5.92 Å². The fraction of sp³-hybridized carbons (Fsp3) is 0.0769. The van der Waals surface area contributed by atoms with Crippen LogP contribution >= 0.6 is 0 Å². The van der Waals surface area contributed by atoms with Gasteiger partial charge in [0, 0.05) is 12.1 Å². The lowest BCUT2D eigenvalue weighted by Crippen LogP contribution is -2.18. The Morgan fingerprint density at radius 3 is 2.15 bits per heavy atom. The van der Waals surface area contributed by atoms with Gasteiger partial charge in [0.1, 0.15) is 24.3 Å². The Balaban J connectivity index is 1.53. The van der Waals surface area contributed by atoms with Crippen LogP contribution in [0.4, 0.5) is 16.2 Å². The number of nitrogens with zero attached hydrogens (tertiary/aromatic N) is 2. The molecule has 3 aromatic rings. The van der Waals surface area contributed by atoms with Crippen molar-refractivity contribution >= 4 is 23.4 Å². The highest BCUT2D eigenvalue weighted by molar-refractivity contribution is 5.95. The average Bonchev–Trinajstić information content (AvgIpc) is 3.17. The van der Waals surface area contributed by atoms with Gasteiger partial charge in [-0.1, -0.05) is 48.5 Å². The minimum Gasteiger partial charge on any atom is -0.478 e. The maximum absolute atomic E-state index is 12.6. The molecule has 0 fully saturated rings. The number of nitriles is 2. The van der Waals surface area contributed by atoms with Crippen molar-refractivity contribution in [3.63, 3.8) is 0 Å². The Bertz CT molecular complexity index is 1340. The summed E-state index contributed by atoms with van der Waals surface area (Å²) in [5.41, 5.74) is 4.52. The summed E-state index contributed by atoms with van der Waals surface area (Å²) < 4.78 is 5.52. The van der Waals surface area contributed by atoms with E-state index in [9.17, 15) is 14.7 Å². The Morgan fingerprint density at radius 1 is 0.941 bits per heavy atom. The van der Waals surface area contributed by atoms with Gasteiger partial charge in [0.25, 0.3) is 0 Å². The van der Waals surface area contributed by atoms with Crippen LogP contribution < -0.4 is 10.6 Å². The number of carbonyl (C=O) groups excluding carboxylic acids is 1. The molecule has 1 aliphatic carbocycles. The molecule has 0 aromatic heterocycles. The van der Waals surface area contributed by atoms with Gasteiger partial charge < -0.3 is 15.2 Å². The number of rotatable bonds is 6. The summed E-state index contributed by atoms with van der Waals surface area (Å²) in [6.45, 7) is 0.0914. The van der Waals surface area contributed by atoms with Crippen LogP contribution in [0, 0.1) is 22.7 Å². The van der Waals surface area contributed by atoms with E-state index in [-0.39, 0.29) is 29.3 Å². The van der Waals surface area contributed by atoms with Crippen molar-refractivity contribution in [1.29, 1.82) is 10.5 Å². The van der Waals surface area contributed by atoms with Gasteiger partial charge in [-0.2, -0.15) is 10.5 Å². The number of anilines is 2. The monoisotopic (exact) mass is 450 g/mol. The Labute approximate surface area is 195 Å². The van der Waals surface area contributed by atoms with E-state index in [2.05, 4.69) is 10.6 Å². The normalized spacial score (nSPS) is 11.2. The smallest absolute Gasteiger partial charge is 0.411 e. The number of benzene rings is 3. The van der Waals surface area contributed by atoms with Crippen molar-refractivity contribution in [2.24, 2.45) is 0 Å². The Kier molecular flexibility index (Phi) is 6.24. The topological polar surface area (TPSA) is 135 Å². The molecule has 1 aliphatic rings. The minimum absolute atomic E-state index is 0.0516. The first kappa shape index (κ1) is 22.1. The fourth-order valence-corrected chi connectivity index (χ4v) is 3.89. The van der Waals surface area contributed by atoms with Crippen molar-refractivity contribution in [2.75, 3.05) is 17.2 Å². The van der Waals surface area contributed by atoms with Crippen LogP contribution in [0.1, 0.15) is 27.4 Å². The number of hydrogen-bond acceptors (Lipinski definition) is 6. The molecule has 34 heavy (non-hydrogen) atoms. The lowest BCUT2D eigenvalue weighted by atomic mass is 9.98. The van der Waals surface area contributed by atoms with Crippen LogP contribution in [-0.2, 0) is 4.74 Å². The van der Waals surface area contributed by atoms with E-state index in [0.717, 1.165) is 22.3 Å². The first-order chi connectivity index (χ1) is 16.5. The average molecular weight is 450 g/mol. The third-order valence-corrected chi connectivity index (χ3v) is 5.46. The molecule has 166 valence electrons. The number of carboxylic acids is 1. The number of fused-ring (bicyclic) bond motifs is 3. The van der Waals surface area contributed by atoms with Crippen molar-refractivity contribution in [3.8, 4) is 23.3 Å². The maximum Gasteiger partial charge on any atom is 0.411 e. The van der Waals surface area contributed by atoms with E-state index in [1.54, 1.807) is 12.1 Å². The quantitative estimate of drug-likeness (QED) is 0.445. The zero-order valence-corrected chi connectivity index (χ0v) is 17.8. The molecule has 8 heteroatoms. The molecule has 0 aliphatic heterocycles. The second kappa shape index (κ2) is 9.60. The van der Waals surface area contributed by atoms with Crippen LogP contribution in [0.5, 0.6) is 0 Å². The van der Waals surface area contributed by atoms with Gasteiger partial charge in [0.2, 0.25) is 0 Å². The maximum atomic E-state index is 12.6. The van der Waals surface area contributed by atoms with E-state index in [0.29, 0.717) is 5.69 Å². The summed E-state index contributed by atoms with van der Waals surface area (Å²) >= 11 is 0. The minimum atomic E-state index is -1.17. The molecule has 0 saturated carbocycles. The standard InChI is InChI=1S/C26H18N4O4/c27-12-16(13-28)14-29-23-10-9-17(25(31)32)11-24(23)30-26(33)34-15-22-20-7-3-1-5-18(20)19-6-2-4-8-21(19)22/h1-11,14,22,29H,15H2,(H,30,33)(H,31,32). The molecule has 0 spiro atoms. The molecular weight excluding hydrogens is 432 g/mol. The number of carbonyl (C=O) groups is 2. The molecular formula is C26H18N4O4. The number of nitrogens with one attached hydrogen (secondary N) is 2. The summed E-state index contributed by atoms with van der Waals surface area (Å²) in [4.78, 5) is 24.0. The van der Waals surface area contributed by atoms with Gasteiger partial charge in [-0.05, 0) is 40.5 Å². The van der Waals surface area contributed by atoms with E-state index in [4.69, 9.17) is 15.3 Å². The summed E-state index contributed by atoms with van der Waals surface area (Å²) in [6, 6.07) is 23.3. The van der Waals surface area contributed by atoms with Crippen molar-refractivity contribution in [3.05, 3.63) is 95.2 Å². The fourth-order valence-electron chi connectivity index (χ4n) is 3.89. The number of allylic oxidation sites excluding steroid dienone is 1. The number of ether oxygens (including phenoxy) is 1. The Hall–Kier alpha value is -5.08. The predicted octanol–water partition coefficient (Wildman–Crippen LogP) is 5.09. The summed E-state index contributed by atoms with van der Waals surface area (Å²) in [6.07, 6.45) is 0.399. The first-order valence-electron chi connectivity index (χ1n) is 10.3. The van der Waals surface area contributed by atoms with E-state index >= 15 is 0 Å². The lowest BCUT2D eigenvalue weighted by Gasteiger charge is -2.16. The second-order valence-electron chi connectivity index (χ2n) is 7.44. The highest BCUT2D eigenvalue weighted by Gasteiger charge is 2.29. The molecule has 0 heterocycles. The van der Waals surface area contributed by atoms with E-state index < -0.39 is 12.1 Å². The summed E-state index contributed by atoms with van der Waals surface area (Å²) in [5.74, 6) is -1.30. The highest BCUT2D eigenvalue weighted by atomic mass is 16.5. The largest absolute Gasteiger partial charge is 0.478 e. The lowest BCUT2D eigenvalue weighted by molar-refractivity contribution is 0.0696. The van der Waals surface area contributed by atoms with Crippen LogP contribution in [0.25, 0.3) is 11.1 Å². The summed E-state index contributed by atoms with van der Waals surface area (Å²) in [7, 11) is 0. The van der Waals surface area contributed by atoms with Crippen molar-refractivity contribution < 1.29 is 19.4 Å². The molecule has 0 unspecified atom stereocenters. The number of carboxylic acid groups (broad SMARTS) is 1. The van der Waals surface area contributed by atoms with Gasteiger partial charge in [-0.3, -0.25) is 5.32 Å². The zero-order chi connectivity index (χ0) is 24.1. The van der Waals surface area contributed by atoms with Crippen molar-refractivity contribution in [1.82, 2.24) is 0 Å². The molecule has 3 aromatic carbocycles. The van der Waals surface area contributed by atoms with Gasteiger partial charge in [0.15, 0.2) is 0 Å². The van der Waals surface area contributed by atoms with Crippen LogP contribution in [0.3, 0.4) is 0 Å². The third kappa shape index (κ3) is 4.43. The molecule has 8 nitrogen and oxygen atoms in total. The van der Waals surface area contributed by atoms with Gasteiger partial charge >= 0.3 is 12.1 Å². The highest BCUT2D eigenvalue weighted by Crippen LogP contribution is 2.44. The van der Waals surface area contributed by atoms with Crippen LogP contribution in [-0.4, -0.2) is 23.8 Å². The van der Waals surface area contributed by atoms with E-state index in [1.807, 2.05) is 48.5 Å². The zero-order valence-electron chi connectivity index (χ0n) is 17.8. The van der Waals surface area contributed by atoms with Gasteiger partial charge in [0.05, 0.1) is 16.9 Å². The molecule has 0 atom stereocenters. The van der Waals surface area contributed by atoms with Gasteiger partial charge in [-0.25, -0.2) is 9.59 Å². The molecule has 0 radical (unpaired) electrons. The molecule has 0 saturated heterocycles. The molecule has 0 bridgehead atoms. The SMILES string of the molecule is N#CC(C#N)=CNc1ccc(C(=O)O)cc1NC(=O)OCC1c2ccccc2-c2ccccc21. The third-order valence-electron chi connectivity index (χ3n) is 5.46. The predicted molar refractivity (Wildman–Crippen MR) is 125 cm³/mol. The number of hydrogen-bond donors (Lipinski definition) is 3. The summed E-state index contributed by atoms with van der Waals surface area (Å²) in [5, 5.41) is 32.4. The number of amides is 1. The molecule has 3 N–H and O–H groups in total. The molecule has 4 rings (SSSR count). The van der Waals surface area contributed by atoms with Gasteiger partial charge in [-0.15, -0.1) is 0 Å². The Morgan fingerprint density at radius 2 is 1.56 bits per heavy atom.